The van der Waals surface area contributed by atoms with Crippen LogP contribution in [0.4, 0.5) is 0 Å². The van der Waals surface area contributed by atoms with E-state index in [0.717, 1.165) is 39.4 Å². The first-order valence-corrected chi connectivity index (χ1v) is 11.4. The van der Waals surface area contributed by atoms with Crippen LogP contribution in [0.5, 0.6) is 5.75 Å². The van der Waals surface area contributed by atoms with Crippen LogP contribution in [0.1, 0.15) is 35.1 Å². The molecule has 6 nitrogen and oxygen atoms in total. The largest absolute Gasteiger partial charge is 0.508 e. The van der Waals surface area contributed by atoms with Crippen molar-refractivity contribution in [3.63, 3.8) is 0 Å². The summed E-state index contributed by atoms with van der Waals surface area (Å²) < 4.78 is 2.05. The number of carbonyl (C=O) groups excluding carboxylic acids is 1. The number of H-pyrrole nitrogens is 1. The van der Waals surface area contributed by atoms with Crippen LogP contribution in [0, 0.1) is 6.92 Å². The first-order chi connectivity index (χ1) is 16.6. The topological polar surface area (TPSA) is 83.8 Å². The first-order valence-electron chi connectivity index (χ1n) is 11.4. The molecule has 0 saturated carbocycles. The summed E-state index contributed by atoms with van der Waals surface area (Å²) >= 11 is 0. The van der Waals surface area contributed by atoms with Crippen LogP contribution in [-0.2, 0) is 17.6 Å². The Morgan fingerprint density at radius 2 is 1.74 bits per heavy atom. The fourth-order valence-electron chi connectivity index (χ4n) is 4.56. The second-order valence-corrected chi connectivity index (χ2v) is 8.63. The zero-order chi connectivity index (χ0) is 23.5. The molecule has 5 aromatic rings. The molecule has 1 unspecified atom stereocenters. The molecule has 2 heterocycles. The zero-order valence-corrected chi connectivity index (χ0v) is 19.0. The van der Waals surface area contributed by atoms with Crippen LogP contribution >= 0.6 is 0 Å². The van der Waals surface area contributed by atoms with Crippen molar-refractivity contribution >= 4 is 16.7 Å². The molecule has 3 aromatic carbocycles. The van der Waals surface area contributed by atoms with E-state index in [1.54, 1.807) is 12.1 Å². The maximum absolute atomic E-state index is 13.3. The van der Waals surface area contributed by atoms with Crippen LogP contribution < -0.4 is 0 Å². The van der Waals surface area contributed by atoms with E-state index in [0.29, 0.717) is 12.8 Å². The van der Waals surface area contributed by atoms with Gasteiger partial charge in [-0.1, -0.05) is 48.5 Å². The molecular formula is C28H26N4O2. The van der Waals surface area contributed by atoms with Gasteiger partial charge < -0.3 is 10.1 Å². The van der Waals surface area contributed by atoms with Crippen molar-refractivity contribution in [2.45, 2.75) is 32.1 Å². The molecule has 0 amide bonds. The molecule has 0 spiro atoms. The average Bonchev–Trinajstić information content (AvgIpc) is 3.43. The Hall–Kier alpha value is -4.19. The summed E-state index contributed by atoms with van der Waals surface area (Å²) in [5.74, 6) is 1.76. The summed E-state index contributed by atoms with van der Waals surface area (Å²) in [7, 11) is 0. The average molecular weight is 451 g/mol. The monoisotopic (exact) mass is 450 g/mol. The Labute approximate surface area is 197 Å². The molecule has 5 rings (SSSR count). The van der Waals surface area contributed by atoms with Crippen LogP contribution in [0.15, 0.2) is 85.1 Å². The fraction of sp³-hybridized carbons (Fsp3) is 0.179. The van der Waals surface area contributed by atoms with Gasteiger partial charge in [-0.2, -0.15) is 0 Å². The van der Waals surface area contributed by atoms with Gasteiger partial charge in [0.15, 0.2) is 0 Å². The number of aromatic nitrogens is 4. The van der Waals surface area contributed by atoms with Gasteiger partial charge in [-0.05, 0) is 54.8 Å². The maximum atomic E-state index is 13.3. The van der Waals surface area contributed by atoms with E-state index in [4.69, 9.17) is 0 Å². The summed E-state index contributed by atoms with van der Waals surface area (Å²) in [6.07, 6.45) is 3.16. The second kappa shape index (κ2) is 9.35. The number of nitrogens with one attached hydrogen (secondary N) is 1. The lowest BCUT2D eigenvalue weighted by Gasteiger charge is -2.18. The van der Waals surface area contributed by atoms with Gasteiger partial charge in [0.05, 0.1) is 0 Å². The summed E-state index contributed by atoms with van der Waals surface area (Å²) in [6.45, 7) is 1.93. The van der Waals surface area contributed by atoms with E-state index in [2.05, 4.69) is 27.3 Å². The predicted molar refractivity (Wildman–Crippen MR) is 132 cm³/mol. The summed E-state index contributed by atoms with van der Waals surface area (Å²) in [5.41, 5.74) is 3.92. The number of carbonyl (C=O) groups is 1. The number of benzene rings is 3. The molecule has 170 valence electrons. The van der Waals surface area contributed by atoms with Gasteiger partial charge in [-0.15, -0.1) is 10.2 Å². The molecule has 0 radical (unpaired) electrons. The van der Waals surface area contributed by atoms with Gasteiger partial charge in [0, 0.05) is 41.5 Å². The molecule has 0 fully saturated rings. The highest BCUT2D eigenvalue weighted by atomic mass is 16.3. The summed E-state index contributed by atoms with van der Waals surface area (Å²) in [4.78, 5) is 16.5. The molecular weight excluding hydrogens is 424 g/mol. The number of hydrogen-bond donors (Lipinski definition) is 2. The SMILES string of the molecule is Cc1nnc(C(CC(=O)Cc2c[nH]c3ccc(O)cc23)Cc2ccccc2)n1-c1ccccc1. The lowest BCUT2D eigenvalue weighted by Crippen LogP contribution is -2.16. The molecule has 0 saturated heterocycles. The van der Waals surface area contributed by atoms with Crippen molar-refractivity contribution in [2.24, 2.45) is 0 Å². The van der Waals surface area contributed by atoms with E-state index < -0.39 is 0 Å². The third-order valence-electron chi connectivity index (χ3n) is 6.17. The number of ketones is 1. The molecule has 0 aliphatic carbocycles. The van der Waals surface area contributed by atoms with Crippen molar-refractivity contribution in [3.05, 3.63) is 108 Å². The van der Waals surface area contributed by atoms with Crippen molar-refractivity contribution < 1.29 is 9.90 Å². The lowest BCUT2D eigenvalue weighted by molar-refractivity contribution is -0.118. The lowest BCUT2D eigenvalue weighted by atomic mass is 9.91. The summed E-state index contributed by atoms with van der Waals surface area (Å²) in [6, 6.07) is 25.3. The minimum absolute atomic E-state index is 0.116. The third kappa shape index (κ3) is 4.48. The predicted octanol–water partition coefficient (Wildman–Crippen LogP) is 5.29. The highest BCUT2D eigenvalue weighted by Gasteiger charge is 2.25. The van der Waals surface area contributed by atoms with Gasteiger partial charge >= 0.3 is 0 Å². The van der Waals surface area contributed by atoms with Crippen molar-refractivity contribution in [2.75, 3.05) is 0 Å². The number of rotatable bonds is 8. The van der Waals surface area contributed by atoms with E-state index >= 15 is 0 Å². The van der Waals surface area contributed by atoms with Crippen LogP contribution in [-0.4, -0.2) is 30.6 Å². The van der Waals surface area contributed by atoms with Gasteiger partial charge in [-0.3, -0.25) is 9.36 Å². The van der Waals surface area contributed by atoms with Gasteiger partial charge in [-0.25, -0.2) is 0 Å². The van der Waals surface area contributed by atoms with E-state index in [1.165, 1.54) is 0 Å². The standard InChI is InChI=1S/C28H26N4O2/c1-19-30-31-28(32(19)23-10-6-3-7-11-23)21(14-20-8-4-2-5-9-20)15-25(34)16-22-18-29-27-13-12-24(33)17-26(22)27/h2-13,17-18,21,29,33H,14-16H2,1H3. The number of para-hydroxylation sites is 1. The number of Topliss-reactive ketones (excluding diaryl/α,β-unsaturated/α-hetero) is 1. The van der Waals surface area contributed by atoms with Crippen LogP contribution in [0.2, 0.25) is 0 Å². The molecule has 0 aliphatic heterocycles. The van der Waals surface area contributed by atoms with Gasteiger partial charge in [0.2, 0.25) is 0 Å². The minimum Gasteiger partial charge on any atom is -0.508 e. The van der Waals surface area contributed by atoms with E-state index in [-0.39, 0.29) is 23.9 Å². The highest BCUT2D eigenvalue weighted by Crippen LogP contribution is 2.29. The number of phenolic OH excluding ortho intramolecular Hbond substituents is 1. The number of aromatic hydroxyl groups is 1. The highest BCUT2D eigenvalue weighted by molar-refractivity contribution is 5.90. The van der Waals surface area contributed by atoms with Crippen LogP contribution in [0.3, 0.4) is 0 Å². The molecule has 2 aromatic heterocycles. The maximum Gasteiger partial charge on any atom is 0.141 e. The number of fused-ring (bicyclic) bond motifs is 1. The Morgan fingerprint density at radius 3 is 2.50 bits per heavy atom. The smallest absolute Gasteiger partial charge is 0.141 e. The molecule has 34 heavy (non-hydrogen) atoms. The van der Waals surface area contributed by atoms with Gasteiger partial charge in [0.1, 0.15) is 23.2 Å². The second-order valence-electron chi connectivity index (χ2n) is 8.63. The molecule has 0 aliphatic rings. The van der Waals surface area contributed by atoms with E-state index in [1.807, 2.05) is 72.3 Å². The molecule has 6 heteroatoms. The number of hydrogen-bond acceptors (Lipinski definition) is 4. The molecule has 2 N–H and O–H groups in total. The number of aromatic amines is 1. The molecule has 0 bridgehead atoms. The Morgan fingerprint density at radius 1 is 1.00 bits per heavy atom. The van der Waals surface area contributed by atoms with E-state index in [9.17, 15) is 9.90 Å². The van der Waals surface area contributed by atoms with Crippen molar-refractivity contribution in [1.82, 2.24) is 19.7 Å². The Bertz CT molecular complexity index is 1420. The zero-order valence-electron chi connectivity index (χ0n) is 19.0. The Balaban J connectivity index is 1.46. The Kier molecular flexibility index (Phi) is 5.95. The molecule has 1 atom stereocenters. The number of nitrogens with zero attached hydrogens (tertiary/aromatic N) is 3. The summed E-state index contributed by atoms with van der Waals surface area (Å²) in [5, 5.41) is 19.6. The number of phenols is 1. The minimum atomic E-state index is -0.130. The van der Waals surface area contributed by atoms with Crippen LogP contribution in [0.25, 0.3) is 16.6 Å². The van der Waals surface area contributed by atoms with Crippen molar-refractivity contribution in [1.29, 1.82) is 0 Å². The quantitative estimate of drug-likeness (QED) is 0.336. The normalized spacial score (nSPS) is 12.1. The van der Waals surface area contributed by atoms with Crippen molar-refractivity contribution in [3.8, 4) is 11.4 Å². The first kappa shape index (κ1) is 21.6. The third-order valence-corrected chi connectivity index (χ3v) is 6.17. The number of aryl methyl sites for hydroxylation is 1. The van der Waals surface area contributed by atoms with Gasteiger partial charge in [0.25, 0.3) is 0 Å². The fourth-order valence-corrected chi connectivity index (χ4v) is 4.56.